The average molecular weight is 371 g/mol. The number of hydrogen-bond acceptors (Lipinski definition) is 4. The van der Waals surface area contributed by atoms with Gasteiger partial charge in [0, 0.05) is 12.7 Å². The third-order valence-electron chi connectivity index (χ3n) is 4.77. The highest BCUT2D eigenvalue weighted by atomic mass is 16.6. The molecule has 0 saturated carbocycles. The van der Waals surface area contributed by atoms with Gasteiger partial charge in [-0.3, -0.25) is 10.1 Å². The van der Waals surface area contributed by atoms with Gasteiger partial charge in [0.15, 0.2) is 0 Å². The molecule has 0 N–H and O–H groups in total. The lowest BCUT2D eigenvalue weighted by atomic mass is 9.98. The number of aryl methyl sites for hydroxylation is 1. The van der Waals surface area contributed by atoms with E-state index < -0.39 is 0 Å². The monoisotopic (exact) mass is 371 g/mol. The van der Waals surface area contributed by atoms with E-state index in [0.29, 0.717) is 12.2 Å². The van der Waals surface area contributed by atoms with Crippen molar-refractivity contribution in [1.29, 1.82) is 0 Å². The second kappa shape index (κ2) is 10.1. The van der Waals surface area contributed by atoms with Crippen LogP contribution in [0, 0.1) is 17.0 Å². The first-order chi connectivity index (χ1) is 13.0. The predicted molar refractivity (Wildman–Crippen MR) is 108 cm³/mol. The van der Waals surface area contributed by atoms with Gasteiger partial charge in [-0.15, -0.1) is 0 Å². The number of benzene rings is 2. The second-order valence-electron chi connectivity index (χ2n) is 6.79. The van der Waals surface area contributed by atoms with Gasteiger partial charge in [-0.2, -0.15) is 0 Å². The summed E-state index contributed by atoms with van der Waals surface area (Å²) in [5, 5.41) is 11.5. The van der Waals surface area contributed by atoms with E-state index in [1.807, 2.05) is 38.1 Å². The summed E-state index contributed by atoms with van der Waals surface area (Å²) < 4.78 is 11.3. The highest BCUT2D eigenvalue weighted by Crippen LogP contribution is 2.34. The number of unbranched alkanes of at least 4 members (excludes halogenated alkanes) is 3. The summed E-state index contributed by atoms with van der Waals surface area (Å²) in [6.07, 6.45) is 4.11. The van der Waals surface area contributed by atoms with Crippen LogP contribution >= 0.6 is 0 Å². The van der Waals surface area contributed by atoms with Crippen molar-refractivity contribution < 1.29 is 14.4 Å². The SMILES string of the molecule is CCCCCCOC(C)c1cc(-c2ccc(C)c(OC)c2)ccc1[N+](=O)[O-]. The van der Waals surface area contributed by atoms with Gasteiger partial charge in [0.1, 0.15) is 5.75 Å². The molecule has 0 heterocycles. The lowest BCUT2D eigenvalue weighted by molar-refractivity contribution is -0.386. The quantitative estimate of drug-likeness (QED) is 0.282. The molecule has 0 spiro atoms. The van der Waals surface area contributed by atoms with Gasteiger partial charge in [0.2, 0.25) is 0 Å². The van der Waals surface area contributed by atoms with Crippen LogP contribution < -0.4 is 4.74 Å². The van der Waals surface area contributed by atoms with E-state index in [0.717, 1.165) is 35.3 Å². The molecule has 5 nitrogen and oxygen atoms in total. The van der Waals surface area contributed by atoms with Crippen LogP contribution in [0.25, 0.3) is 11.1 Å². The predicted octanol–water partition coefficient (Wildman–Crippen LogP) is 6.24. The van der Waals surface area contributed by atoms with Gasteiger partial charge in [-0.05, 0) is 55.2 Å². The maximum atomic E-state index is 11.5. The molecule has 0 aromatic heterocycles. The molecular formula is C22H29NO4. The molecule has 0 radical (unpaired) electrons. The Morgan fingerprint density at radius 3 is 2.44 bits per heavy atom. The van der Waals surface area contributed by atoms with Gasteiger partial charge in [-0.25, -0.2) is 0 Å². The number of nitro benzene ring substituents is 1. The molecule has 2 rings (SSSR count). The van der Waals surface area contributed by atoms with Crippen molar-refractivity contribution in [3.8, 4) is 16.9 Å². The first-order valence-electron chi connectivity index (χ1n) is 9.52. The first kappa shape index (κ1) is 20.9. The highest BCUT2D eigenvalue weighted by molar-refractivity contribution is 5.69. The molecule has 2 aromatic rings. The van der Waals surface area contributed by atoms with Crippen LogP contribution in [0.4, 0.5) is 5.69 Å². The molecule has 1 atom stereocenters. The smallest absolute Gasteiger partial charge is 0.275 e. The summed E-state index contributed by atoms with van der Waals surface area (Å²) in [5.41, 5.74) is 3.62. The van der Waals surface area contributed by atoms with Crippen molar-refractivity contribution in [1.82, 2.24) is 0 Å². The molecule has 0 aliphatic heterocycles. The second-order valence-corrected chi connectivity index (χ2v) is 6.79. The van der Waals surface area contributed by atoms with Crippen LogP contribution in [-0.4, -0.2) is 18.6 Å². The van der Waals surface area contributed by atoms with E-state index in [1.165, 1.54) is 12.8 Å². The number of nitrogens with zero attached hydrogens (tertiary/aromatic N) is 1. The zero-order valence-corrected chi connectivity index (χ0v) is 16.7. The topological polar surface area (TPSA) is 61.6 Å². The molecule has 0 saturated heterocycles. The van der Waals surface area contributed by atoms with Gasteiger partial charge < -0.3 is 9.47 Å². The van der Waals surface area contributed by atoms with Crippen molar-refractivity contribution in [3.05, 3.63) is 57.6 Å². The maximum absolute atomic E-state index is 11.5. The fraction of sp³-hybridized carbons (Fsp3) is 0.455. The molecule has 0 fully saturated rings. The van der Waals surface area contributed by atoms with Gasteiger partial charge in [0.25, 0.3) is 5.69 Å². The van der Waals surface area contributed by atoms with Crippen LogP contribution in [-0.2, 0) is 4.74 Å². The molecule has 0 aliphatic carbocycles. The number of ether oxygens (including phenoxy) is 2. The van der Waals surface area contributed by atoms with E-state index in [4.69, 9.17) is 9.47 Å². The Kier molecular flexibility index (Phi) is 7.80. The summed E-state index contributed by atoms with van der Waals surface area (Å²) in [6.45, 7) is 6.64. The van der Waals surface area contributed by atoms with Crippen molar-refractivity contribution in [2.75, 3.05) is 13.7 Å². The van der Waals surface area contributed by atoms with Crippen LogP contribution in [0.1, 0.15) is 56.8 Å². The molecule has 2 aromatic carbocycles. The third kappa shape index (κ3) is 5.54. The number of methoxy groups -OCH3 is 1. The molecule has 0 bridgehead atoms. The Morgan fingerprint density at radius 2 is 1.78 bits per heavy atom. The normalized spacial score (nSPS) is 12.0. The molecular weight excluding hydrogens is 342 g/mol. The Bertz CT molecular complexity index is 773. The number of hydrogen-bond donors (Lipinski definition) is 0. The summed E-state index contributed by atoms with van der Waals surface area (Å²) in [6, 6.07) is 11.1. The van der Waals surface area contributed by atoms with E-state index in [2.05, 4.69) is 6.92 Å². The van der Waals surface area contributed by atoms with Gasteiger partial charge in [0.05, 0.1) is 23.7 Å². The maximum Gasteiger partial charge on any atom is 0.275 e. The Labute approximate surface area is 161 Å². The summed E-state index contributed by atoms with van der Waals surface area (Å²) >= 11 is 0. The van der Waals surface area contributed by atoms with E-state index in [1.54, 1.807) is 19.2 Å². The minimum Gasteiger partial charge on any atom is -0.496 e. The molecule has 5 heteroatoms. The third-order valence-corrected chi connectivity index (χ3v) is 4.77. The number of nitro groups is 1. The Morgan fingerprint density at radius 1 is 1.07 bits per heavy atom. The van der Waals surface area contributed by atoms with Crippen molar-refractivity contribution in [3.63, 3.8) is 0 Å². The average Bonchev–Trinajstić information content (AvgIpc) is 2.67. The van der Waals surface area contributed by atoms with Crippen molar-refractivity contribution in [2.24, 2.45) is 0 Å². The van der Waals surface area contributed by atoms with Crippen LogP contribution in [0.15, 0.2) is 36.4 Å². The largest absolute Gasteiger partial charge is 0.496 e. The minimum absolute atomic E-state index is 0.0962. The zero-order chi connectivity index (χ0) is 19.8. The summed E-state index contributed by atoms with van der Waals surface area (Å²) in [4.78, 5) is 11.1. The Hall–Kier alpha value is -2.40. The lowest BCUT2D eigenvalue weighted by Crippen LogP contribution is -2.05. The fourth-order valence-corrected chi connectivity index (χ4v) is 3.10. The molecule has 146 valence electrons. The van der Waals surface area contributed by atoms with E-state index >= 15 is 0 Å². The molecule has 1 unspecified atom stereocenters. The van der Waals surface area contributed by atoms with Gasteiger partial charge >= 0.3 is 0 Å². The lowest BCUT2D eigenvalue weighted by Gasteiger charge is -2.15. The summed E-state index contributed by atoms with van der Waals surface area (Å²) in [5.74, 6) is 0.799. The van der Waals surface area contributed by atoms with Crippen LogP contribution in [0.5, 0.6) is 5.75 Å². The standard InChI is InChI=1S/C22H29NO4/c1-5-6-7-8-13-27-17(3)20-14-18(11-12-21(20)23(24)25)19-10-9-16(2)22(15-19)26-4/h9-12,14-15,17H,5-8,13H2,1-4H3. The van der Waals surface area contributed by atoms with E-state index in [-0.39, 0.29) is 16.7 Å². The van der Waals surface area contributed by atoms with Crippen LogP contribution in [0.3, 0.4) is 0 Å². The number of rotatable bonds is 10. The van der Waals surface area contributed by atoms with Crippen molar-refractivity contribution in [2.45, 2.75) is 52.6 Å². The van der Waals surface area contributed by atoms with Crippen LogP contribution in [0.2, 0.25) is 0 Å². The minimum atomic E-state index is -0.341. The van der Waals surface area contributed by atoms with Gasteiger partial charge in [-0.1, -0.05) is 38.3 Å². The fourth-order valence-electron chi connectivity index (χ4n) is 3.10. The van der Waals surface area contributed by atoms with Crippen molar-refractivity contribution >= 4 is 5.69 Å². The molecule has 0 aliphatic rings. The Balaban J connectivity index is 2.27. The van der Waals surface area contributed by atoms with E-state index in [9.17, 15) is 10.1 Å². The summed E-state index contributed by atoms with van der Waals surface area (Å²) in [7, 11) is 1.64. The first-order valence-corrected chi connectivity index (χ1v) is 9.52. The highest BCUT2D eigenvalue weighted by Gasteiger charge is 2.20. The molecule has 27 heavy (non-hydrogen) atoms. The zero-order valence-electron chi connectivity index (χ0n) is 16.7. The molecule has 0 amide bonds.